The highest BCUT2D eigenvalue weighted by molar-refractivity contribution is 6.10. The van der Waals surface area contributed by atoms with Crippen molar-refractivity contribution in [2.24, 2.45) is 0 Å². The highest BCUT2D eigenvalue weighted by Gasteiger charge is 2.31. The third kappa shape index (κ3) is 5.43. The molecule has 174 valence electrons. The van der Waals surface area contributed by atoms with Crippen molar-refractivity contribution in [1.82, 2.24) is 15.1 Å². The maximum absolute atomic E-state index is 12.8. The lowest BCUT2D eigenvalue weighted by Gasteiger charge is -2.35. The molecule has 0 radical (unpaired) electrons. The van der Waals surface area contributed by atoms with E-state index in [0.717, 1.165) is 19.6 Å². The molecule has 0 aliphatic carbocycles. The highest BCUT2D eigenvalue weighted by atomic mass is 16.5. The Labute approximate surface area is 192 Å². The summed E-state index contributed by atoms with van der Waals surface area (Å²) in [6.07, 6.45) is -0.0670. The van der Waals surface area contributed by atoms with E-state index in [1.54, 1.807) is 36.3 Å². The second-order valence-corrected chi connectivity index (χ2v) is 7.99. The van der Waals surface area contributed by atoms with Crippen LogP contribution in [-0.2, 0) is 9.59 Å². The van der Waals surface area contributed by atoms with Gasteiger partial charge < -0.3 is 25.0 Å². The fourth-order valence-corrected chi connectivity index (χ4v) is 4.00. The molecule has 2 heterocycles. The summed E-state index contributed by atoms with van der Waals surface area (Å²) in [5, 5.41) is 5.42. The third-order valence-electron chi connectivity index (χ3n) is 5.89. The molecule has 0 bridgehead atoms. The summed E-state index contributed by atoms with van der Waals surface area (Å²) in [6.45, 7) is 3.82. The number of rotatable bonds is 7. The quantitative estimate of drug-likeness (QED) is 0.658. The molecule has 0 aromatic heterocycles. The van der Waals surface area contributed by atoms with Gasteiger partial charge in [0.05, 0.1) is 24.8 Å². The van der Waals surface area contributed by atoms with E-state index in [4.69, 9.17) is 9.47 Å². The number of para-hydroxylation sites is 3. The van der Waals surface area contributed by atoms with Crippen LogP contribution in [0.25, 0.3) is 0 Å². The summed E-state index contributed by atoms with van der Waals surface area (Å²) >= 11 is 0. The Morgan fingerprint density at radius 1 is 1.00 bits per heavy atom. The van der Waals surface area contributed by atoms with Crippen molar-refractivity contribution in [2.75, 3.05) is 51.8 Å². The molecule has 2 aliphatic heterocycles. The van der Waals surface area contributed by atoms with Crippen LogP contribution in [0.15, 0.2) is 48.5 Å². The van der Waals surface area contributed by atoms with Crippen molar-refractivity contribution in [1.29, 1.82) is 0 Å². The number of piperazine rings is 1. The van der Waals surface area contributed by atoms with Crippen molar-refractivity contribution >= 4 is 23.4 Å². The van der Waals surface area contributed by atoms with Crippen molar-refractivity contribution < 1.29 is 23.9 Å². The maximum Gasteiger partial charge on any atom is 0.254 e. The molecular formula is C24H28N4O5. The second-order valence-electron chi connectivity index (χ2n) is 7.99. The molecule has 2 aliphatic rings. The number of hydrogen-bond donors (Lipinski definition) is 2. The summed E-state index contributed by atoms with van der Waals surface area (Å²) in [7, 11) is 1.61. The molecule has 3 amide bonds. The summed E-state index contributed by atoms with van der Waals surface area (Å²) < 4.78 is 11.1. The van der Waals surface area contributed by atoms with Crippen LogP contribution in [0.4, 0.5) is 5.69 Å². The minimum absolute atomic E-state index is 0.0670. The molecule has 9 nitrogen and oxygen atoms in total. The molecule has 1 saturated heterocycles. The number of nitrogens with zero attached hydrogens (tertiary/aromatic N) is 2. The summed E-state index contributed by atoms with van der Waals surface area (Å²) in [5.41, 5.74) is 0.851. The topological polar surface area (TPSA) is 100 Å². The van der Waals surface area contributed by atoms with Crippen LogP contribution >= 0.6 is 0 Å². The van der Waals surface area contributed by atoms with Crippen LogP contribution in [0, 0.1) is 0 Å². The van der Waals surface area contributed by atoms with Crippen molar-refractivity contribution in [3.63, 3.8) is 0 Å². The number of hydrogen-bond acceptors (Lipinski definition) is 6. The van der Waals surface area contributed by atoms with Crippen LogP contribution in [0.2, 0.25) is 0 Å². The zero-order valence-electron chi connectivity index (χ0n) is 18.6. The number of amides is 3. The van der Waals surface area contributed by atoms with Gasteiger partial charge in [-0.3, -0.25) is 19.3 Å². The van der Waals surface area contributed by atoms with E-state index in [9.17, 15) is 14.4 Å². The Balaban J connectivity index is 1.23. The van der Waals surface area contributed by atoms with Crippen LogP contribution in [0.3, 0.4) is 0 Å². The SMILES string of the molecule is COc1ccccc1OCCN1CCN(C(=O)CC2NC(=O)c3ccccc3NC2=O)CC1. The third-order valence-corrected chi connectivity index (χ3v) is 5.89. The lowest BCUT2D eigenvalue weighted by atomic mass is 10.1. The van der Waals surface area contributed by atoms with E-state index < -0.39 is 6.04 Å². The van der Waals surface area contributed by atoms with Crippen LogP contribution in [0.1, 0.15) is 16.8 Å². The van der Waals surface area contributed by atoms with Gasteiger partial charge in [0.1, 0.15) is 12.6 Å². The number of benzene rings is 2. The first-order valence-corrected chi connectivity index (χ1v) is 11.0. The van der Waals surface area contributed by atoms with E-state index >= 15 is 0 Å². The largest absolute Gasteiger partial charge is 0.493 e. The number of carbonyl (C=O) groups is 3. The normalized spacial score (nSPS) is 18.6. The molecule has 9 heteroatoms. The number of nitrogens with one attached hydrogen (secondary N) is 2. The Kier molecular flexibility index (Phi) is 7.09. The number of ether oxygens (including phenoxy) is 2. The van der Waals surface area contributed by atoms with Gasteiger partial charge in [-0.25, -0.2) is 0 Å². The molecule has 1 fully saturated rings. The Bertz CT molecular complexity index is 1020. The minimum Gasteiger partial charge on any atom is -0.493 e. The zero-order chi connectivity index (χ0) is 23.2. The molecule has 4 rings (SSSR count). The average molecular weight is 453 g/mol. The van der Waals surface area contributed by atoms with Gasteiger partial charge in [0.2, 0.25) is 11.8 Å². The van der Waals surface area contributed by atoms with Crippen LogP contribution in [0.5, 0.6) is 11.5 Å². The Hall–Kier alpha value is -3.59. The van der Waals surface area contributed by atoms with Gasteiger partial charge in [0.25, 0.3) is 5.91 Å². The maximum atomic E-state index is 12.8. The molecule has 0 saturated carbocycles. The van der Waals surface area contributed by atoms with Crippen molar-refractivity contribution in [2.45, 2.75) is 12.5 Å². The molecule has 0 spiro atoms. The van der Waals surface area contributed by atoms with E-state index in [-0.39, 0.29) is 24.1 Å². The number of fused-ring (bicyclic) bond motifs is 1. The van der Waals surface area contributed by atoms with E-state index in [0.29, 0.717) is 42.4 Å². The van der Waals surface area contributed by atoms with Crippen LogP contribution in [-0.4, -0.2) is 80.0 Å². The van der Waals surface area contributed by atoms with Gasteiger partial charge >= 0.3 is 0 Å². The average Bonchev–Trinajstić information content (AvgIpc) is 2.95. The number of anilines is 1. The molecule has 2 aromatic carbocycles. The van der Waals surface area contributed by atoms with Gasteiger partial charge in [0, 0.05) is 32.7 Å². The Morgan fingerprint density at radius 2 is 1.70 bits per heavy atom. The van der Waals surface area contributed by atoms with E-state index in [1.165, 1.54) is 0 Å². The lowest BCUT2D eigenvalue weighted by molar-refractivity contribution is -0.135. The van der Waals surface area contributed by atoms with Gasteiger partial charge in [-0.05, 0) is 24.3 Å². The van der Waals surface area contributed by atoms with E-state index in [1.807, 2.05) is 24.3 Å². The first-order chi connectivity index (χ1) is 16.0. The lowest BCUT2D eigenvalue weighted by Crippen LogP contribution is -2.52. The molecule has 2 aromatic rings. The highest BCUT2D eigenvalue weighted by Crippen LogP contribution is 2.25. The van der Waals surface area contributed by atoms with Crippen LogP contribution < -0.4 is 20.1 Å². The first-order valence-electron chi connectivity index (χ1n) is 11.0. The van der Waals surface area contributed by atoms with Crippen molar-refractivity contribution in [3.8, 4) is 11.5 Å². The molecule has 1 atom stereocenters. The Morgan fingerprint density at radius 3 is 2.45 bits per heavy atom. The first kappa shape index (κ1) is 22.6. The van der Waals surface area contributed by atoms with Gasteiger partial charge in [-0.1, -0.05) is 24.3 Å². The number of carbonyl (C=O) groups excluding carboxylic acids is 3. The fraction of sp³-hybridized carbons (Fsp3) is 0.375. The van der Waals surface area contributed by atoms with E-state index in [2.05, 4.69) is 15.5 Å². The fourth-order valence-electron chi connectivity index (χ4n) is 4.00. The zero-order valence-corrected chi connectivity index (χ0v) is 18.6. The van der Waals surface area contributed by atoms with Gasteiger partial charge in [-0.2, -0.15) is 0 Å². The second kappa shape index (κ2) is 10.4. The minimum atomic E-state index is -0.898. The molecular weight excluding hydrogens is 424 g/mol. The van der Waals surface area contributed by atoms with Crippen molar-refractivity contribution in [3.05, 3.63) is 54.1 Å². The predicted octanol–water partition coefficient (Wildman–Crippen LogP) is 1.36. The van der Waals surface area contributed by atoms with Gasteiger partial charge in [0.15, 0.2) is 11.5 Å². The predicted molar refractivity (Wildman–Crippen MR) is 122 cm³/mol. The number of methoxy groups -OCH3 is 1. The molecule has 2 N–H and O–H groups in total. The molecule has 33 heavy (non-hydrogen) atoms. The standard InChI is InChI=1S/C24H28N4O5/c1-32-20-8-4-5-9-21(20)33-15-14-27-10-12-28(13-11-27)22(29)16-19-24(31)25-18-7-3-2-6-17(18)23(30)26-19/h2-9,19H,10-16H2,1H3,(H,25,31)(H,26,30). The summed E-state index contributed by atoms with van der Waals surface area (Å²) in [5.74, 6) is 0.520. The smallest absolute Gasteiger partial charge is 0.254 e. The summed E-state index contributed by atoms with van der Waals surface area (Å²) in [6, 6.07) is 13.4. The van der Waals surface area contributed by atoms with Gasteiger partial charge in [-0.15, -0.1) is 0 Å². The summed E-state index contributed by atoms with van der Waals surface area (Å²) in [4.78, 5) is 41.8. The molecule has 1 unspecified atom stereocenters. The monoisotopic (exact) mass is 452 g/mol.